The molecule has 0 N–H and O–H groups in total. The topological polar surface area (TPSA) is 60.4 Å². The molecule has 0 fully saturated rings. The Hall–Kier alpha value is -1.97. The molecule has 0 amide bonds. The third-order valence-corrected chi connectivity index (χ3v) is 1.30. The summed E-state index contributed by atoms with van der Waals surface area (Å²) in [6.07, 6.45) is -0.0547. The van der Waals surface area contributed by atoms with Crippen LogP contribution >= 0.6 is 0 Å². The van der Waals surface area contributed by atoms with E-state index >= 15 is 0 Å². The number of aldehydes is 1. The van der Waals surface area contributed by atoms with Crippen LogP contribution in [-0.2, 0) is 14.3 Å². The highest BCUT2D eigenvalue weighted by molar-refractivity contribution is 6.23. The minimum Gasteiger partial charge on any atom is -0.384 e. The first-order valence-electron chi connectivity index (χ1n) is 3.50. The number of rotatable bonds is 2. The molecule has 0 bridgehead atoms. The van der Waals surface area contributed by atoms with Gasteiger partial charge in [0.1, 0.15) is 0 Å². The fourth-order valence-electron chi connectivity index (χ4n) is 0.749. The lowest BCUT2D eigenvalue weighted by Gasteiger charge is -1.97. The molecule has 1 rings (SSSR count). The van der Waals surface area contributed by atoms with Crippen LogP contribution in [0.15, 0.2) is 30.3 Å². The van der Waals surface area contributed by atoms with Crippen LogP contribution in [0, 0.1) is 0 Å². The van der Waals surface area contributed by atoms with Gasteiger partial charge in [-0.3, -0.25) is 4.79 Å². The van der Waals surface area contributed by atoms with E-state index in [0.29, 0.717) is 0 Å². The molecule has 0 saturated carbocycles. The first-order valence-corrected chi connectivity index (χ1v) is 3.50. The van der Waals surface area contributed by atoms with E-state index < -0.39 is 11.9 Å². The monoisotopic (exact) mass is 178 g/mol. The van der Waals surface area contributed by atoms with Crippen molar-refractivity contribution in [3.63, 3.8) is 0 Å². The van der Waals surface area contributed by atoms with E-state index in [2.05, 4.69) is 4.74 Å². The molecule has 0 aliphatic rings. The molecule has 0 heterocycles. The van der Waals surface area contributed by atoms with E-state index in [-0.39, 0.29) is 11.8 Å². The number of ether oxygens (including phenoxy) is 1. The molecule has 0 spiro atoms. The Morgan fingerprint density at radius 3 is 2.31 bits per heavy atom. The van der Waals surface area contributed by atoms with Crippen molar-refractivity contribution in [1.29, 1.82) is 0 Å². The van der Waals surface area contributed by atoms with Crippen LogP contribution in [0.3, 0.4) is 0 Å². The average molecular weight is 178 g/mol. The summed E-state index contributed by atoms with van der Waals surface area (Å²) < 4.78 is 4.14. The third kappa shape index (κ3) is 2.52. The second-order valence-corrected chi connectivity index (χ2v) is 2.19. The lowest BCUT2D eigenvalue weighted by atomic mass is 10.2. The Balaban J connectivity index is 2.70. The Labute approximate surface area is 74.1 Å². The number of carbonyl (C=O) groups is 3. The van der Waals surface area contributed by atoms with Crippen molar-refractivity contribution in [3.05, 3.63) is 35.9 Å². The standard InChI is InChI=1S/C9H6O4/c10-6-8(11)13-9(12)7-4-2-1-3-5-7/h1-6H. The van der Waals surface area contributed by atoms with Gasteiger partial charge in [0.2, 0.25) is 6.29 Å². The summed E-state index contributed by atoms with van der Waals surface area (Å²) in [6.45, 7) is 0. The van der Waals surface area contributed by atoms with E-state index in [9.17, 15) is 14.4 Å². The minimum absolute atomic E-state index is 0.0547. The summed E-state index contributed by atoms with van der Waals surface area (Å²) in [5, 5.41) is 0. The Morgan fingerprint density at radius 2 is 1.77 bits per heavy atom. The summed E-state index contributed by atoms with van der Waals surface area (Å²) in [5.74, 6) is -2.01. The number of hydrogen-bond donors (Lipinski definition) is 0. The van der Waals surface area contributed by atoms with Crippen molar-refractivity contribution >= 4 is 18.2 Å². The molecule has 0 saturated heterocycles. The third-order valence-electron chi connectivity index (χ3n) is 1.30. The number of esters is 2. The van der Waals surface area contributed by atoms with E-state index in [1.165, 1.54) is 12.1 Å². The van der Waals surface area contributed by atoms with Crippen LogP contribution in [0.2, 0.25) is 0 Å². The van der Waals surface area contributed by atoms with Crippen LogP contribution < -0.4 is 0 Å². The maximum atomic E-state index is 11.0. The van der Waals surface area contributed by atoms with Crippen LogP contribution in [0.5, 0.6) is 0 Å². The first-order chi connectivity index (χ1) is 6.24. The number of carbonyl (C=O) groups excluding carboxylic acids is 3. The van der Waals surface area contributed by atoms with Crippen molar-refractivity contribution in [2.45, 2.75) is 0 Å². The maximum Gasteiger partial charge on any atom is 0.379 e. The smallest absolute Gasteiger partial charge is 0.379 e. The van der Waals surface area contributed by atoms with Gasteiger partial charge in [0.05, 0.1) is 5.56 Å². The van der Waals surface area contributed by atoms with Crippen LogP contribution in [-0.4, -0.2) is 18.2 Å². The lowest BCUT2D eigenvalue weighted by Crippen LogP contribution is -2.12. The maximum absolute atomic E-state index is 11.0. The largest absolute Gasteiger partial charge is 0.384 e. The van der Waals surface area contributed by atoms with Gasteiger partial charge in [0, 0.05) is 0 Å². The predicted molar refractivity (Wildman–Crippen MR) is 42.9 cm³/mol. The van der Waals surface area contributed by atoms with Gasteiger partial charge in [-0.15, -0.1) is 0 Å². The Morgan fingerprint density at radius 1 is 1.15 bits per heavy atom. The zero-order chi connectivity index (χ0) is 9.68. The first kappa shape index (κ1) is 9.12. The fourth-order valence-corrected chi connectivity index (χ4v) is 0.749. The molecule has 0 radical (unpaired) electrons. The van der Waals surface area contributed by atoms with Crippen LogP contribution in [0.1, 0.15) is 10.4 Å². The Bertz CT molecular complexity index is 329. The van der Waals surface area contributed by atoms with Gasteiger partial charge in [0.25, 0.3) is 0 Å². The second-order valence-electron chi connectivity index (χ2n) is 2.19. The molecular formula is C9H6O4. The van der Waals surface area contributed by atoms with Crippen molar-refractivity contribution in [1.82, 2.24) is 0 Å². The van der Waals surface area contributed by atoms with Crippen LogP contribution in [0.4, 0.5) is 0 Å². The molecule has 66 valence electrons. The van der Waals surface area contributed by atoms with Gasteiger partial charge in [-0.1, -0.05) is 18.2 Å². The zero-order valence-corrected chi connectivity index (χ0v) is 6.60. The summed E-state index contributed by atoms with van der Waals surface area (Å²) in [7, 11) is 0. The summed E-state index contributed by atoms with van der Waals surface area (Å²) in [5.41, 5.74) is 0.234. The van der Waals surface area contributed by atoms with Crippen molar-refractivity contribution < 1.29 is 19.1 Å². The van der Waals surface area contributed by atoms with Gasteiger partial charge in [-0.2, -0.15) is 0 Å². The molecule has 1 aromatic carbocycles. The molecule has 0 aromatic heterocycles. The molecule has 0 unspecified atom stereocenters. The van der Waals surface area contributed by atoms with Crippen LogP contribution in [0.25, 0.3) is 0 Å². The van der Waals surface area contributed by atoms with Gasteiger partial charge >= 0.3 is 11.9 Å². The van der Waals surface area contributed by atoms with Gasteiger partial charge in [-0.25, -0.2) is 9.59 Å². The Kier molecular flexibility index (Phi) is 2.92. The quantitative estimate of drug-likeness (QED) is 0.287. The highest BCUT2D eigenvalue weighted by Crippen LogP contribution is 2.00. The zero-order valence-electron chi connectivity index (χ0n) is 6.60. The highest BCUT2D eigenvalue weighted by atomic mass is 16.6. The summed E-state index contributed by atoms with van der Waals surface area (Å²) >= 11 is 0. The van der Waals surface area contributed by atoms with Gasteiger partial charge < -0.3 is 4.74 Å². The highest BCUT2D eigenvalue weighted by Gasteiger charge is 2.10. The van der Waals surface area contributed by atoms with Gasteiger partial charge in [-0.05, 0) is 12.1 Å². The lowest BCUT2D eigenvalue weighted by molar-refractivity contribution is -0.144. The number of benzene rings is 1. The van der Waals surface area contributed by atoms with Gasteiger partial charge in [0.15, 0.2) is 0 Å². The fraction of sp³-hybridized carbons (Fsp3) is 0. The molecule has 0 aliphatic heterocycles. The molecule has 13 heavy (non-hydrogen) atoms. The van der Waals surface area contributed by atoms with E-state index in [4.69, 9.17) is 0 Å². The SMILES string of the molecule is O=CC(=O)OC(=O)c1ccccc1. The van der Waals surface area contributed by atoms with Crippen molar-refractivity contribution in [3.8, 4) is 0 Å². The van der Waals surface area contributed by atoms with E-state index in [1.807, 2.05) is 0 Å². The van der Waals surface area contributed by atoms with Crippen molar-refractivity contribution in [2.75, 3.05) is 0 Å². The summed E-state index contributed by atoms with van der Waals surface area (Å²) in [4.78, 5) is 31.2. The molecule has 0 aliphatic carbocycles. The number of hydrogen-bond acceptors (Lipinski definition) is 4. The normalized spacial score (nSPS) is 8.92. The molecule has 1 aromatic rings. The molecule has 4 nitrogen and oxygen atoms in total. The average Bonchev–Trinajstić information content (AvgIpc) is 2.19. The second kappa shape index (κ2) is 4.15. The van der Waals surface area contributed by atoms with E-state index in [1.54, 1.807) is 18.2 Å². The summed E-state index contributed by atoms with van der Waals surface area (Å²) in [6, 6.07) is 7.95. The van der Waals surface area contributed by atoms with Crippen molar-refractivity contribution in [2.24, 2.45) is 0 Å². The predicted octanol–water partition coefficient (Wildman–Crippen LogP) is 0.569. The minimum atomic E-state index is -1.19. The molecular weight excluding hydrogens is 172 g/mol. The molecule has 0 atom stereocenters. The van der Waals surface area contributed by atoms with E-state index in [0.717, 1.165) is 0 Å². The molecule has 4 heteroatoms.